The fourth-order valence-corrected chi connectivity index (χ4v) is 8.83. The van der Waals surface area contributed by atoms with Crippen LogP contribution >= 0.6 is 0 Å². The lowest BCUT2D eigenvalue weighted by molar-refractivity contribution is 0.529. The molecular formula is C56H84N6O2. The Kier molecular flexibility index (Phi) is 25.8. The highest BCUT2D eigenvalue weighted by Crippen LogP contribution is 2.27. The zero-order chi connectivity index (χ0) is 44.5. The second kappa shape index (κ2) is 32.5. The molecule has 64 heavy (non-hydrogen) atoms. The van der Waals surface area contributed by atoms with Gasteiger partial charge in [-0.2, -0.15) is 0 Å². The zero-order valence-electron chi connectivity index (χ0n) is 40.3. The predicted octanol–water partition coefficient (Wildman–Crippen LogP) is 17.5. The molecule has 0 aliphatic carbocycles. The van der Waals surface area contributed by atoms with Crippen molar-refractivity contribution in [3.63, 3.8) is 0 Å². The molecule has 5 aromatic rings. The van der Waals surface area contributed by atoms with Gasteiger partial charge in [-0.25, -0.2) is 0 Å². The minimum Gasteiger partial charge on any atom is -0.415 e. The molecule has 2 aromatic carbocycles. The predicted molar refractivity (Wildman–Crippen MR) is 266 cm³/mol. The van der Waals surface area contributed by atoms with Crippen molar-refractivity contribution in [2.45, 2.75) is 232 Å². The number of rotatable bonds is 38. The number of hydrogen-bond acceptors (Lipinski definition) is 8. The summed E-state index contributed by atoms with van der Waals surface area (Å²) in [4.78, 5) is 0. The Balaban J connectivity index is 0.908. The summed E-state index contributed by atoms with van der Waals surface area (Å²) in [6, 6.07) is 20.5. The summed E-state index contributed by atoms with van der Waals surface area (Å²) in [6.07, 6.45) is 46.7. The van der Waals surface area contributed by atoms with Gasteiger partial charge in [0.05, 0.1) is 0 Å². The van der Waals surface area contributed by atoms with Crippen molar-refractivity contribution in [3.05, 3.63) is 71.8 Å². The van der Waals surface area contributed by atoms with Gasteiger partial charge in [0.15, 0.2) is 0 Å². The van der Waals surface area contributed by atoms with Gasteiger partial charge in [-0.1, -0.05) is 231 Å². The van der Waals surface area contributed by atoms with E-state index in [1.54, 1.807) is 12.1 Å². The maximum Gasteiger partial charge on any atom is 0.268 e. The van der Waals surface area contributed by atoms with Crippen LogP contribution in [0.15, 0.2) is 69.5 Å². The van der Waals surface area contributed by atoms with E-state index in [9.17, 15) is 0 Å². The van der Waals surface area contributed by atoms with Crippen LogP contribution in [-0.4, -0.2) is 30.6 Å². The van der Waals surface area contributed by atoms with Crippen LogP contribution in [0.5, 0.6) is 0 Å². The molecule has 0 aliphatic rings. The highest BCUT2D eigenvalue weighted by atomic mass is 16.4. The van der Waals surface area contributed by atoms with Crippen LogP contribution in [0.25, 0.3) is 46.1 Å². The van der Waals surface area contributed by atoms with Crippen LogP contribution in [0.3, 0.4) is 0 Å². The Morgan fingerprint density at radius 1 is 0.266 bits per heavy atom. The lowest BCUT2D eigenvalue weighted by Gasteiger charge is -2.04. The van der Waals surface area contributed by atoms with Gasteiger partial charge in [-0.05, 0) is 73.2 Å². The van der Waals surface area contributed by atoms with E-state index in [0.29, 0.717) is 35.0 Å². The molecule has 5 rings (SSSR count). The van der Waals surface area contributed by atoms with Crippen molar-refractivity contribution in [1.82, 2.24) is 30.6 Å². The second-order valence-electron chi connectivity index (χ2n) is 18.6. The highest BCUT2D eigenvalue weighted by Gasteiger charge is 2.16. The Morgan fingerprint density at radius 2 is 0.516 bits per heavy atom. The van der Waals surface area contributed by atoms with Gasteiger partial charge in [0.1, 0.15) is 11.4 Å². The summed E-state index contributed by atoms with van der Waals surface area (Å²) in [7, 11) is 0. The smallest absolute Gasteiger partial charge is 0.268 e. The summed E-state index contributed by atoms with van der Waals surface area (Å²) < 4.78 is 12.0. The summed E-state index contributed by atoms with van der Waals surface area (Å²) in [6.45, 7) is 4.59. The number of benzene rings is 2. The molecule has 0 saturated carbocycles. The van der Waals surface area contributed by atoms with Gasteiger partial charge in [-0.15, -0.1) is 30.6 Å². The number of aromatic nitrogens is 6. The molecule has 0 radical (unpaired) electrons. The van der Waals surface area contributed by atoms with Crippen LogP contribution in [0.1, 0.15) is 230 Å². The molecule has 0 bridgehead atoms. The van der Waals surface area contributed by atoms with Gasteiger partial charge >= 0.3 is 0 Å². The topological polar surface area (TPSA) is 104 Å². The van der Waals surface area contributed by atoms with Crippen LogP contribution < -0.4 is 0 Å². The maximum absolute atomic E-state index is 6.01. The molecule has 350 valence electrons. The van der Waals surface area contributed by atoms with E-state index in [4.69, 9.17) is 8.83 Å². The van der Waals surface area contributed by atoms with E-state index in [0.717, 1.165) is 24.0 Å². The molecule has 0 atom stereocenters. The van der Waals surface area contributed by atoms with Crippen molar-refractivity contribution in [2.24, 2.45) is 0 Å². The van der Waals surface area contributed by atoms with Gasteiger partial charge in [0, 0.05) is 11.1 Å². The standard InChI is InChI=1S/C56H84N6O2/c1-3-5-7-9-11-13-15-17-19-21-23-25-27-29-31-33-35-47-37-41-49(42-38-47)53-59-61-55(63-53)51-45-46-52(58-57-51)56-62-60-54(64-56)50-43-39-48(40-44-50)36-34-32-30-28-26-24-22-20-18-16-14-12-10-8-6-4-2/h37-46H,3-36H2,1-2H3. The fourth-order valence-electron chi connectivity index (χ4n) is 8.83. The SMILES string of the molecule is CCCCCCCCCCCCCCCCCCc1ccc(-c2nnc(-c3ccc(-c4nnc(-c5ccc(CCCCCCCCCCCCCCCCCC)cc5)o4)nn3)o2)cc1. The average Bonchev–Trinajstić information content (AvgIpc) is 4.04. The number of unbranched alkanes of at least 4 members (excludes halogenated alkanes) is 30. The molecule has 0 N–H and O–H groups in total. The van der Waals surface area contributed by atoms with Crippen LogP contribution in [0.4, 0.5) is 0 Å². The molecule has 8 heteroatoms. The first-order valence-electron chi connectivity index (χ1n) is 26.4. The van der Waals surface area contributed by atoms with E-state index in [1.165, 1.54) is 217 Å². The summed E-state index contributed by atoms with van der Waals surface area (Å²) in [5.41, 5.74) is 5.45. The third kappa shape index (κ3) is 20.3. The molecule has 3 aromatic heterocycles. The summed E-state index contributed by atoms with van der Waals surface area (Å²) >= 11 is 0. The Morgan fingerprint density at radius 3 is 0.781 bits per heavy atom. The third-order valence-corrected chi connectivity index (χ3v) is 13.0. The molecule has 0 fully saturated rings. The second-order valence-corrected chi connectivity index (χ2v) is 18.6. The fraction of sp³-hybridized carbons (Fsp3) is 0.643. The molecule has 0 saturated heterocycles. The Labute approximate surface area is 388 Å². The minimum atomic E-state index is 0.317. The first-order valence-corrected chi connectivity index (χ1v) is 26.4. The van der Waals surface area contributed by atoms with Gasteiger partial charge in [0.25, 0.3) is 11.8 Å². The zero-order valence-corrected chi connectivity index (χ0v) is 40.3. The van der Waals surface area contributed by atoms with Crippen molar-refractivity contribution in [2.75, 3.05) is 0 Å². The molecule has 8 nitrogen and oxygen atoms in total. The lowest BCUT2D eigenvalue weighted by Crippen LogP contribution is -1.91. The molecule has 3 heterocycles. The molecule has 0 aliphatic heterocycles. The van der Waals surface area contributed by atoms with Crippen molar-refractivity contribution >= 4 is 0 Å². The van der Waals surface area contributed by atoms with Crippen molar-refractivity contribution in [1.29, 1.82) is 0 Å². The number of aryl methyl sites for hydroxylation is 2. The Hall–Kier alpha value is -4.20. The van der Waals surface area contributed by atoms with Gasteiger partial charge < -0.3 is 8.83 Å². The minimum absolute atomic E-state index is 0.317. The first kappa shape index (κ1) is 50.8. The largest absolute Gasteiger partial charge is 0.415 e. The summed E-state index contributed by atoms with van der Waals surface area (Å²) in [5, 5.41) is 25.8. The van der Waals surface area contributed by atoms with Crippen LogP contribution in [-0.2, 0) is 12.8 Å². The maximum atomic E-state index is 6.01. The third-order valence-electron chi connectivity index (χ3n) is 13.0. The quantitative estimate of drug-likeness (QED) is 0.0361. The van der Waals surface area contributed by atoms with Crippen LogP contribution in [0.2, 0.25) is 0 Å². The molecule has 0 spiro atoms. The van der Waals surface area contributed by atoms with E-state index in [-0.39, 0.29) is 0 Å². The number of hydrogen-bond donors (Lipinski definition) is 0. The molecular weight excluding hydrogens is 789 g/mol. The monoisotopic (exact) mass is 873 g/mol. The van der Waals surface area contributed by atoms with Crippen molar-refractivity contribution in [3.8, 4) is 46.1 Å². The normalized spacial score (nSPS) is 11.5. The van der Waals surface area contributed by atoms with Gasteiger partial charge in [0.2, 0.25) is 11.8 Å². The summed E-state index contributed by atoms with van der Waals surface area (Å²) in [5.74, 6) is 1.56. The van der Waals surface area contributed by atoms with E-state index >= 15 is 0 Å². The number of nitrogens with zero attached hydrogens (tertiary/aromatic N) is 6. The Bertz CT molecular complexity index is 1730. The molecule has 0 amide bonds. The lowest BCUT2D eigenvalue weighted by atomic mass is 10.0. The van der Waals surface area contributed by atoms with E-state index < -0.39 is 0 Å². The van der Waals surface area contributed by atoms with Crippen molar-refractivity contribution < 1.29 is 8.83 Å². The first-order chi connectivity index (χ1) is 31.7. The van der Waals surface area contributed by atoms with E-state index in [1.807, 2.05) is 0 Å². The van der Waals surface area contributed by atoms with Crippen LogP contribution in [0, 0.1) is 0 Å². The van der Waals surface area contributed by atoms with Gasteiger partial charge in [-0.3, -0.25) is 0 Å². The average molecular weight is 873 g/mol. The molecule has 0 unspecified atom stereocenters. The highest BCUT2D eigenvalue weighted by molar-refractivity contribution is 5.58. The van der Waals surface area contributed by atoms with E-state index in [2.05, 4.69) is 93.0 Å².